The van der Waals surface area contributed by atoms with E-state index in [2.05, 4.69) is 3.63 Å². The quantitative estimate of drug-likeness (QED) is 0.141. The van der Waals surface area contributed by atoms with E-state index in [0.29, 0.717) is 0 Å². The standard InChI is InChI=1S/C22H15F9O12S2/c23-19(24,21(27,28)29)20(25,26)22(30,31)45(41,42)43-44(16-10(35)1-7(32)2-11(16)36,17-12(37)3-8(33)4-13(17)38)18-14(39)5-9(34)6-15(18)40/h1-6,32-40H. The van der Waals surface area contributed by atoms with Gasteiger partial charge in [0.05, 0.1) is 0 Å². The number of hydrogen-bond donors (Lipinski definition) is 9. The summed E-state index contributed by atoms with van der Waals surface area (Å²) < 4.78 is 154. The lowest BCUT2D eigenvalue weighted by molar-refractivity contribution is -0.382. The highest BCUT2D eigenvalue weighted by molar-refractivity contribution is 8.33. The first-order valence-electron chi connectivity index (χ1n) is 10.9. The van der Waals surface area contributed by atoms with Crippen LogP contribution in [0.2, 0.25) is 0 Å². The molecule has 3 rings (SSSR count). The predicted molar refractivity (Wildman–Crippen MR) is 128 cm³/mol. The predicted octanol–water partition coefficient (Wildman–Crippen LogP) is 5.01. The lowest BCUT2D eigenvalue weighted by Gasteiger charge is -2.42. The number of hydrogen-bond acceptors (Lipinski definition) is 12. The molecule has 0 amide bonds. The highest BCUT2D eigenvalue weighted by atomic mass is 32.3. The van der Waals surface area contributed by atoms with Crippen LogP contribution in [0.3, 0.4) is 0 Å². The molecule has 0 heterocycles. The van der Waals surface area contributed by atoms with Crippen LogP contribution in [0.5, 0.6) is 51.7 Å². The molecule has 0 aliphatic carbocycles. The number of halogens is 9. The van der Waals surface area contributed by atoms with Gasteiger partial charge in [0, 0.05) is 36.4 Å². The maximum Gasteiger partial charge on any atom is 0.460 e. The molecule has 12 nitrogen and oxygen atoms in total. The Morgan fingerprint density at radius 1 is 0.467 bits per heavy atom. The van der Waals surface area contributed by atoms with Crippen molar-refractivity contribution in [2.24, 2.45) is 0 Å². The molecule has 3 aromatic rings. The van der Waals surface area contributed by atoms with Gasteiger partial charge in [-0.3, -0.25) is 0 Å². The maximum atomic E-state index is 15.0. The first-order valence-corrected chi connectivity index (χ1v) is 13.9. The topological polar surface area (TPSA) is 225 Å². The SMILES string of the molecule is O=S(=O)(OS(c1c(O)cc(O)cc1O)(c1c(O)cc(O)cc1O)c1c(O)cc(O)cc1O)C(F)(F)C(F)(F)C(F)(F)C(F)(F)F. The van der Waals surface area contributed by atoms with Crippen LogP contribution < -0.4 is 0 Å². The van der Waals surface area contributed by atoms with E-state index >= 15 is 0 Å². The average Bonchev–Trinajstić information content (AvgIpc) is 2.80. The molecular formula is C22H15F9O12S2. The molecule has 0 saturated carbocycles. The summed E-state index contributed by atoms with van der Waals surface area (Å²) in [6.45, 7) is 0. The van der Waals surface area contributed by atoms with Gasteiger partial charge < -0.3 is 46.0 Å². The van der Waals surface area contributed by atoms with Crippen molar-refractivity contribution in [3.8, 4) is 51.7 Å². The first-order chi connectivity index (χ1) is 20.2. The Balaban J connectivity index is 2.69. The van der Waals surface area contributed by atoms with Gasteiger partial charge in [-0.1, -0.05) is 0 Å². The van der Waals surface area contributed by atoms with Crippen molar-refractivity contribution in [1.82, 2.24) is 0 Å². The Hall–Kier alpha value is -4.51. The largest absolute Gasteiger partial charge is 0.508 e. The van der Waals surface area contributed by atoms with Crippen molar-refractivity contribution in [1.29, 1.82) is 0 Å². The highest BCUT2D eigenvalue weighted by Crippen LogP contribution is 2.81. The summed E-state index contributed by atoms with van der Waals surface area (Å²) in [5.41, 5.74) is 0. The Kier molecular flexibility index (Phi) is 8.19. The molecule has 23 heteroatoms. The van der Waals surface area contributed by atoms with E-state index in [1.807, 2.05) is 0 Å². The summed E-state index contributed by atoms with van der Waals surface area (Å²) in [5.74, 6) is -30.0. The maximum absolute atomic E-state index is 15.0. The number of benzene rings is 3. The molecule has 9 N–H and O–H groups in total. The van der Waals surface area contributed by atoms with Gasteiger partial charge >= 0.3 is 33.4 Å². The van der Waals surface area contributed by atoms with Gasteiger partial charge in [-0.05, 0) is 10.3 Å². The van der Waals surface area contributed by atoms with E-state index in [1.165, 1.54) is 0 Å². The Labute approximate surface area is 244 Å². The normalized spacial score (nSPS) is 14.0. The summed E-state index contributed by atoms with van der Waals surface area (Å²) in [4.78, 5) is -5.59. The van der Waals surface area contributed by atoms with Crippen molar-refractivity contribution in [2.75, 3.05) is 0 Å². The number of phenols is 9. The third-order valence-electron chi connectivity index (χ3n) is 5.59. The van der Waals surface area contributed by atoms with Gasteiger partial charge in [-0.2, -0.15) is 47.9 Å². The van der Waals surface area contributed by atoms with Crippen LogP contribution in [0.15, 0.2) is 51.1 Å². The minimum absolute atomic E-state index is 0.0976. The Morgan fingerprint density at radius 3 is 0.933 bits per heavy atom. The second-order valence-electron chi connectivity index (χ2n) is 8.68. The van der Waals surface area contributed by atoms with Gasteiger partial charge in [0.2, 0.25) is 0 Å². The van der Waals surface area contributed by atoms with Crippen molar-refractivity contribution in [3.05, 3.63) is 36.4 Å². The van der Waals surface area contributed by atoms with Gasteiger partial charge in [-0.25, -0.2) is 3.63 Å². The molecule has 0 aromatic heterocycles. The van der Waals surface area contributed by atoms with Gasteiger partial charge in [0.15, 0.2) is 0 Å². The second-order valence-corrected chi connectivity index (χ2v) is 13.0. The lowest BCUT2D eigenvalue weighted by Crippen LogP contribution is -2.63. The van der Waals surface area contributed by atoms with Crippen molar-refractivity contribution >= 4 is 20.4 Å². The van der Waals surface area contributed by atoms with E-state index in [1.54, 1.807) is 0 Å². The van der Waals surface area contributed by atoms with Crippen LogP contribution in [0.25, 0.3) is 0 Å². The van der Waals surface area contributed by atoms with Crippen LogP contribution in [0, 0.1) is 0 Å². The number of phenolic OH excluding ortho intramolecular Hbond substituents is 9. The zero-order chi connectivity index (χ0) is 34.9. The molecule has 0 aliphatic heterocycles. The second kappa shape index (κ2) is 10.5. The van der Waals surface area contributed by atoms with Gasteiger partial charge in [-0.15, -0.1) is 0 Å². The molecule has 0 spiro atoms. The average molecular weight is 706 g/mol. The molecule has 0 aliphatic rings. The van der Waals surface area contributed by atoms with Crippen LogP contribution >= 0.6 is 10.3 Å². The van der Waals surface area contributed by atoms with E-state index in [-0.39, 0.29) is 36.4 Å². The molecule has 3 aromatic carbocycles. The van der Waals surface area contributed by atoms with E-state index < -0.39 is 110 Å². The fraction of sp³-hybridized carbons (Fsp3) is 0.182. The summed E-state index contributed by atoms with van der Waals surface area (Å²) in [6, 6.07) is 0.585. The molecule has 0 radical (unpaired) electrons. The summed E-state index contributed by atoms with van der Waals surface area (Å²) in [6.07, 6.45) is -7.55. The van der Waals surface area contributed by atoms with E-state index in [9.17, 15) is 93.9 Å². The molecule has 45 heavy (non-hydrogen) atoms. The van der Waals surface area contributed by atoms with Crippen LogP contribution in [-0.4, -0.2) is 77.7 Å². The highest BCUT2D eigenvalue weighted by Gasteiger charge is 2.86. The van der Waals surface area contributed by atoms with Crippen molar-refractivity contribution < 1.29 is 97.5 Å². The minimum atomic E-state index is -8.17. The Morgan fingerprint density at radius 2 is 0.711 bits per heavy atom. The summed E-state index contributed by atoms with van der Waals surface area (Å²) in [7, 11) is -14.2. The van der Waals surface area contributed by atoms with Crippen molar-refractivity contribution in [2.45, 2.75) is 38.0 Å². The minimum Gasteiger partial charge on any atom is -0.508 e. The number of alkyl halides is 9. The fourth-order valence-corrected chi connectivity index (χ4v) is 9.15. The molecule has 0 unspecified atom stereocenters. The fourth-order valence-electron chi connectivity index (χ4n) is 3.74. The zero-order valence-corrected chi connectivity index (χ0v) is 22.6. The smallest absolute Gasteiger partial charge is 0.460 e. The van der Waals surface area contributed by atoms with E-state index in [0.717, 1.165) is 0 Å². The van der Waals surface area contributed by atoms with Gasteiger partial charge in [0.1, 0.15) is 66.4 Å². The first kappa shape index (κ1) is 35.0. The van der Waals surface area contributed by atoms with Crippen LogP contribution in [0.1, 0.15) is 0 Å². The zero-order valence-electron chi connectivity index (χ0n) is 20.9. The monoisotopic (exact) mass is 706 g/mol. The Bertz CT molecular complexity index is 1570. The molecule has 0 bridgehead atoms. The van der Waals surface area contributed by atoms with Gasteiger partial charge in [0.25, 0.3) is 0 Å². The number of rotatable bonds is 8. The number of aromatic hydroxyl groups is 9. The van der Waals surface area contributed by atoms with Crippen molar-refractivity contribution in [3.63, 3.8) is 0 Å². The molecule has 0 atom stereocenters. The molecule has 0 saturated heterocycles. The summed E-state index contributed by atoms with van der Waals surface area (Å²) >= 11 is 0. The molecule has 250 valence electrons. The third-order valence-corrected chi connectivity index (χ3v) is 11.0. The van der Waals surface area contributed by atoms with E-state index in [4.69, 9.17) is 0 Å². The third kappa shape index (κ3) is 5.18. The molecule has 0 fully saturated rings. The van der Waals surface area contributed by atoms with Crippen LogP contribution in [-0.2, 0) is 13.7 Å². The summed E-state index contributed by atoms with van der Waals surface area (Å²) in [5, 5.41) is 85.0. The lowest BCUT2D eigenvalue weighted by atomic mass is 10.1. The molecular weight excluding hydrogens is 691 g/mol. The van der Waals surface area contributed by atoms with Crippen LogP contribution in [0.4, 0.5) is 39.5 Å².